The maximum absolute atomic E-state index is 12.6. The van der Waals surface area contributed by atoms with Crippen LogP contribution in [0.5, 0.6) is 0 Å². The second-order valence-corrected chi connectivity index (χ2v) is 6.60. The van der Waals surface area contributed by atoms with Crippen LogP contribution in [0.2, 0.25) is 5.02 Å². The van der Waals surface area contributed by atoms with Crippen molar-refractivity contribution in [1.82, 2.24) is 4.90 Å². The molecule has 3 rings (SSSR count). The van der Waals surface area contributed by atoms with E-state index < -0.39 is 0 Å². The Morgan fingerprint density at radius 3 is 2.50 bits per heavy atom. The number of carbonyl (C=O) groups excluding carboxylic acids is 2. The summed E-state index contributed by atoms with van der Waals surface area (Å²) >= 11 is 5.88. The number of rotatable bonds is 2. The first kappa shape index (κ1) is 15.3. The van der Waals surface area contributed by atoms with E-state index in [1.54, 1.807) is 17.0 Å². The number of benzene rings is 1. The van der Waals surface area contributed by atoms with Crippen molar-refractivity contribution >= 4 is 29.1 Å². The minimum atomic E-state index is -0.221. The summed E-state index contributed by atoms with van der Waals surface area (Å²) < 4.78 is 0. The first-order valence-electron chi connectivity index (χ1n) is 7.70. The first-order valence-corrected chi connectivity index (χ1v) is 8.08. The van der Waals surface area contributed by atoms with Crippen LogP contribution in [0.1, 0.15) is 6.42 Å². The number of likely N-dealkylation sites (N-methyl/N-ethyl adjacent to an activating group) is 1. The third-order valence-corrected chi connectivity index (χ3v) is 4.79. The van der Waals surface area contributed by atoms with Gasteiger partial charge >= 0.3 is 0 Å². The molecule has 0 aromatic heterocycles. The average molecular weight is 323 g/mol. The first-order chi connectivity index (χ1) is 10.5. The van der Waals surface area contributed by atoms with Gasteiger partial charge in [-0.2, -0.15) is 0 Å². The predicted molar refractivity (Wildman–Crippen MR) is 85.1 cm³/mol. The van der Waals surface area contributed by atoms with Gasteiger partial charge in [-0.1, -0.05) is 11.6 Å². The van der Waals surface area contributed by atoms with E-state index in [9.17, 15) is 9.59 Å². The standard InChI is InChI=1S/C16H20ClN3O2/c1-18-6-8-19(9-7-18)16(22)12-10-15(21)20(11-12)14-4-2-13(17)3-5-14/h2-5,12H,6-11H2,1H3/p+1/t12-/m1/s1. The van der Waals surface area contributed by atoms with Crippen LogP contribution in [0.4, 0.5) is 5.69 Å². The molecule has 0 radical (unpaired) electrons. The van der Waals surface area contributed by atoms with Crippen LogP contribution in [0.15, 0.2) is 24.3 Å². The third-order valence-electron chi connectivity index (χ3n) is 4.54. The highest BCUT2D eigenvalue weighted by Gasteiger charge is 2.38. The van der Waals surface area contributed by atoms with Crippen LogP contribution in [-0.2, 0) is 9.59 Å². The summed E-state index contributed by atoms with van der Waals surface area (Å²) in [5.74, 6) is -0.0840. The monoisotopic (exact) mass is 322 g/mol. The van der Waals surface area contributed by atoms with Crippen molar-refractivity contribution in [2.24, 2.45) is 5.92 Å². The number of quaternary nitrogens is 1. The lowest BCUT2D eigenvalue weighted by Gasteiger charge is -2.31. The zero-order valence-corrected chi connectivity index (χ0v) is 13.5. The zero-order valence-electron chi connectivity index (χ0n) is 12.7. The fourth-order valence-electron chi connectivity index (χ4n) is 3.11. The molecule has 6 heteroatoms. The number of nitrogens with one attached hydrogen (secondary N) is 1. The number of anilines is 1. The number of amides is 2. The van der Waals surface area contributed by atoms with Gasteiger partial charge in [0.2, 0.25) is 11.8 Å². The van der Waals surface area contributed by atoms with Gasteiger partial charge in [-0.25, -0.2) is 0 Å². The number of nitrogens with zero attached hydrogens (tertiary/aromatic N) is 2. The molecule has 2 aliphatic heterocycles. The molecule has 0 unspecified atom stereocenters. The summed E-state index contributed by atoms with van der Waals surface area (Å²) in [5, 5.41) is 0.642. The topological polar surface area (TPSA) is 45.1 Å². The van der Waals surface area contributed by atoms with Gasteiger partial charge in [-0.3, -0.25) is 9.59 Å². The Morgan fingerprint density at radius 2 is 1.86 bits per heavy atom. The highest BCUT2D eigenvalue weighted by molar-refractivity contribution is 6.30. The van der Waals surface area contributed by atoms with Crippen molar-refractivity contribution < 1.29 is 14.5 Å². The Morgan fingerprint density at radius 1 is 1.23 bits per heavy atom. The smallest absolute Gasteiger partial charge is 0.228 e. The van der Waals surface area contributed by atoms with Crippen LogP contribution < -0.4 is 9.80 Å². The molecule has 0 spiro atoms. The minimum Gasteiger partial charge on any atom is -0.334 e. The number of piperazine rings is 1. The Labute approximate surface area is 135 Å². The van der Waals surface area contributed by atoms with Gasteiger partial charge in [0.05, 0.1) is 39.1 Å². The molecule has 2 heterocycles. The summed E-state index contributed by atoms with van der Waals surface area (Å²) in [5.41, 5.74) is 0.813. The normalized spacial score (nSPS) is 23.2. The van der Waals surface area contributed by atoms with E-state index in [1.807, 2.05) is 17.0 Å². The molecule has 2 saturated heterocycles. The maximum atomic E-state index is 12.6. The van der Waals surface area contributed by atoms with E-state index in [2.05, 4.69) is 7.05 Å². The van der Waals surface area contributed by atoms with E-state index in [4.69, 9.17) is 11.6 Å². The zero-order chi connectivity index (χ0) is 15.7. The maximum Gasteiger partial charge on any atom is 0.228 e. The predicted octanol–water partition coefficient (Wildman–Crippen LogP) is 0.0498. The van der Waals surface area contributed by atoms with Crippen LogP contribution >= 0.6 is 11.6 Å². The molecule has 2 aliphatic rings. The number of hydrogen-bond acceptors (Lipinski definition) is 2. The number of halogens is 1. The molecule has 118 valence electrons. The lowest BCUT2D eigenvalue weighted by Crippen LogP contribution is -3.12. The van der Waals surface area contributed by atoms with Crippen molar-refractivity contribution in [3.05, 3.63) is 29.3 Å². The third kappa shape index (κ3) is 3.10. The Balaban J connectivity index is 1.66. The minimum absolute atomic E-state index is 0.0143. The van der Waals surface area contributed by atoms with Gasteiger partial charge in [0, 0.05) is 23.7 Å². The molecule has 0 aliphatic carbocycles. The molecule has 1 N–H and O–H groups in total. The summed E-state index contributed by atoms with van der Waals surface area (Å²) in [6.45, 7) is 4.01. The highest BCUT2D eigenvalue weighted by Crippen LogP contribution is 2.27. The molecule has 2 amide bonds. The molecule has 1 atom stereocenters. The van der Waals surface area contributed by atoms with E-state index in [1.165, 1.54) is 4.90 Å². The van der Waals surface area contributed by atoms with Crippen molar-refractivity contribution in [2.45, 2.75) is 6.42 Å². The lowest BCUT2D eigenvalue weighted by atomic mass is 10.1. The van der Waals surface area contributed by atoms with E-state index in [0.29, 0.717) is 18.0 Å². The van der Waals surface area contributed by atoms with Gasteiger partial charge < -0.3 is 14.7 Å². The summed E-state index contributed by atoms with van der Waals surface area (Å²) in [6.07, 6.45) is 0.306. The molecule has 22 heavy (non-hydrogen) atoms. The van der Waals surface area contributed by atoms with Crippen LogP contribution in [0.25, 0.3) is 0 Å². The second kappa shape index (κ2) is 6.26. The summed E-state index contributed by atoms with van der Waals surface area (Å²) in [6, 6.07) is 7.18. The van der Waals surface area contributed by atoms with Crippen molar-refractivity contribution in [3.63, 3.8) is 0 Å². The quantitative estimate of drug-likeness (QED) is 0.836. The van der Waals surface area contributed by atoms with Gasteiger partial charge in [0.15, 0.2) is 0 Å². The van der Waals surface area contributed by atoms with Gasteiger partial charge in [-0.05, 0) is 24.3 Å². The highest BCUT2D eigenvalue weighted by atomic mass is 35.5. The molecule has 0 saturated carbocycles. The molecule has 5 nitrogen and oxygen atoms in total. The van der Waals surface area contributed by atoms with E-state index >= 15 is 0 Å². The average Bonchev–Trinajstić information content (AvgIpc) is 2.90. The summed E-state index contributed by atoms with van der Waals surface area (Å²) in [7, 11) is 2.14. The van der Waals surface area contributed by atoms with Crippen molar-refractivity contribution in [1.29, 1.82) is 0 Å². The van der Waals surface area contributed by atoms with Gasteiger partial charge in [0.25, 0.3) is 0 Å². The fraction of sp³-hybridized carbons (Fsp3) is 0.500. The van der Waals surface area contributed by atoms with E-state index in [-0.39, 0.29) is 17.7 Å². The Hall–Kier alpha value is -1.59. The molecule has 1 aromatic carbocycles. The Bertz CT molecular complexity index is 567. The molecule has 2 fully saturated rings. The van der Waals surface area contributed by atoms with E-state index in [0.717, 1.165) is 31.9 Å². The van der Waals surface area contributed by atoms with Crippen molar-refractivity contribution in [3.8, 4) is 0 Å². The molecule has 0 bridgehead atoms. The SMILES string of the molecule is C[NH+]1CCN(C(=O)[C@@H]2CC(=O)N(c3ccc(Cl)cc3)C2)CC1. The number of carbonyl (C=O) groups is 2. The molecular weight excluding hydrogens is 302 g/mol. The largest absolute Gasteiger partial charge is 0.334 e. The van der Waals surface area contributed by atoms with Crippen LogP contribution in [-0.4, -0.2) is 56.5 Å². The van der Waals surface area contributed by atoms with Crippen LogP contribution in [0.3, 0.4) is 0 Å². The van der Waals surface area contributed by atoms with Gasteiger partial charge in [-0.15, -0.1) is 0 Å². The van der Waals surface area contributed by atoms with Crippen LogP contribution in [0, 0.1) is 5.92 Å². The molecule has 1 aromatic rings. The number of hydrogen-bond donors (Lipinski definition) is 1. The second-order valence-electron chi connectivity index (χ2n) is 6.16. The summed E-state index contributed by atoms with van der Waals surface area (Å²) in [4.78, 5) is 29.9. The lowest BCUT2D eigenvalue weighted by molar-refractivity contribution is -0.883. The fourth-order valence-corrected chi connectivity index (χ4v) is 3.24. The van der Waals surface area contributed by atoms with Crippen molar-refractivity contribution in [2.75, 3.05) is 44.7 Å². The molecular formula is C16H21ClN3O2+. The Kier molecular flexibility index (Phi) is 4.36. The van der Waals surface area contributed by atoms with Gasteiger partial charge in [0.1, 0.15) is 0 Å².